The Hall–Kier alpha value is -1.00. The van der Waals surface area contributed by atoms with E-state index in [1.807, 2.05) is 36.0 Å². The minimum Gasteiger partial charge on any atom is -0.496 e. The number of carbonyl (C=O) groups is 1. The van der Waals surface area contributed by atoms with Gasteiger partial charge in [-0.2, -0.15) is 11.8 Å². The summed E-state index contributed by atoms with van der Waals surface area (Å²) >= 11 is 1.82. The van der Waals surface area contributed by atoms with Gasteiger partial charge >= 0.3 is 0 Å². The van der Waals surface area contributed by atoms with Gasteiger partial charge in [0, 0.05) is 18.1 Å². The van der Waals surface area contributed by atoms with Crippen molar-refractivity contribution in [3.8, 4) is 5.75 Å². The fourth-order valence-corrected chi connectivity index (χ4v) is 2.70. The first-order valence-electron chi connectivity index (χ1n) is 5.31. The molecule has 0 aromatic heterocycles. The number of benzene rings is 1. The van der Waals surface area contributed by atoms with E-state index in [-0.39, 0.29) is 11.8 Å². The van der Waals surface area contributed by atoms with Crippen LogP contribution in [-0.2, 0) is 0 Å². The molecule has 0 aliphatic carbocycles. The third-order valence-corrected chi connectivity index (χ3v) is 3.67. The fraction of sp³-hybridized carbons (Fsp3) is 0.417. The number of methoxy groups -OCH3 is 1. The molecule has 3 nitrogen and oxygen atoms in total. The number of ketones is 1. The minimum atomic E-state index is -0.0740. The fourth-order valence-electron chi connectivity index (χ4n) is 1.77. The van der Waals surface area contributed by atoms with Crippen molar-refractivity contribution in [3.05, 3.63) is 29.8 Å². The lowest BCUT2D eigenvalue weighted by Gasteiger charge is -2.22. The highest BCUT2D eigenvalue weighted by atomic mass is 32.2. The van der Waals surface area contributed by atoms with Gasteiger partial charge in [-0.15, -0.1) is 0 Å². The van der Waals surface area contributed by atoms with Gasteiger partial charge in [0.1, 0.15) is 5.75 Å². The van der Waals surface area contributed by atoms with Crippen LogP contribution in [0.3, 0.4) is 0 Å². The Kier molecular flexibility index (Phi) is 3.85. The lowest BCUT2D eigenvalue weighted by molar-refractivity contribution is 0.0950. The number of thioether (sulfide) groups is 1. The molecule has 0 radical (unpaired) electrons. The predicted octanol–water partition coefficient (Wildman–Crippen LogP) is 1.58. The van der Waals surface area contributed by atoms with Crippen LogP contribution in [0.4, 0.5) is 0 Å². The largest absolute Gasteiger partial charge is 0.496 e. The molecule has 1 saturated heterocycles. The second-order valence-corrected chi connectivity index (χ2v) is 4.80. The summed E-state index contributed by atoms with van der Waals surface area (Å²) in [4.78, 5) is 12.2. The Bertz CT molecular complexity index is 375. The van der Waals surface area contributed by atoms with Crippen LogP contribution >= 0.6 is 11.8 Å². The average Bonchev–Trinajstić information content (AvgIpc) is 2.39. The van der Waals surface area contributed by atoms with Crippen molar-refractivity contribution in [2.45, 2.75) is 6.04 Å². The number of hydrogen-bond donors (Lipinski definition) is 1. The van der Waals surface area contributed by atoms with E-state index >= 15 is 0 Å². The average molecular weight is 237 g/mol. The molecule has 1 aliphatic heterocycles. The van der Waals surface area contributed by atoms with Crippen molar-refractivity contribution >= 4 is 17.5 Å². The Labute approximate surface area is 99.6 Å². The first-order chi connectivity index (χ1) is 7.83. The maximum Gasteiger partial charge on any atom is 0.184 e. The van der Waals surface area contributed by atoms with Crippen LogP contribution in [0.1, 0.15) is 10.4 Å². The Morgan fingerprint density at radius 3 is 3.00 bits per heavy atom. The number of carbonyl (C=O) groups excluding carboxylic acids is 1. The zero-order valence-corrected chi connectivity index (χ0v) is 10.0. The summed E-state index contributed by atoms with van der Waals surface area (Å²) in [6, 6.07) is 7.31. The van der Waals surface area contributed by atoms with Crippen LogP contribution in [0.15, 0.2) is 24.3 Å². The molecule has 1 atom stereocenters. The van der Waals surface area contributed by atoms with Gasteiger partial charge in [0.2, 0.25) is 0 Å². The van der Waals surface area contributed by atoms with E-state index in [1.165, 1.54) is 0 Å². The van der Waals surface area contributed by atoms with Crippen LogP contribution < -0.4 is 10.1 Å². The third-order valence-electron chi connectivity index (χ3n) is 2.61. The molecule has 16 heavy (non-hydrogen) atoms. The molecule has 1 fully saturated rings. The van der Waals surface area contributed by atoms with E-state index in [4.69, 9.17) is 4.74 Å². The van der Waals surface area contributed by atoms with Gasteiger partial charge in [-0.1, -0.05) is 12.1 Å². The Morgan fingerprint density at radius 2 is 2.31 bits per heavy atom. The Morgan fingerprint density at radius 1 is 1.50 bits per heavy atom. The second-order valence-electron chi connectivity index (χ2n) is 3.65. The number of hydrogen-bond acceptors (Lipinski definition) is 4. The topological polar surface area (TPSA) is 38.3 Å². The lowest BCUT2D eigenvalue weighted by Crippen LogP contribution is -2.43. The van der Waals surface area contributed by atoms with Crippen LogP contribution in [0.5, 0.6) is 5.75 Å². The molecule has 1 aliphatic rings. The minimum absolute atomic E-state index is 0.0740. The van der Waals surface area contributed by atoms with Crippen molar-refractivity contribution in [1.29, 1.82) is 0 Å². The quantitative estimate of drug-likeness (QED) is 0.810. The smallest absolute Gasteiger partial charge is 0.184 e. The van der Waals surface area contributed by atoms with Gasteiger partial charge in [-0.3, -0.25) is 4.79 Å². The molecule has 4 heteroatoms. The summed E-state index contributed by atoms with van der Waals surface area (Å²) < 4.78 is 5.20. The van der Waals surface area contributed by atoms with Crippen molar-refractivity contribution in [2.24, 2.45) is 0 Å². The summed E-state index contributed by atoms with van der Waals surface area (Å²) in [6.07, 6.45) is 0. The number of para-hydroxylation sites is 1. The maximum atomic E-state index is 12.2. The number of nitrogens with one attached hydrogen (secondary N) is 1. The van der Waals surface area contributed by atoms with Crippen molar-refractivity contribution in [3.63, 3.8) is 0 Å². The predicted molar refractivity (Wildman–Crippen MR) is 66.4 cm³/mol. The van der Waals surface area contributed by atoms with E-state index in [1.54, 1.807) is 7.11 Å². The molecule has 86 valence electrons. The van der Waals surface area contributed by atoms with E-state index < -0.39 is 0 Å². The van der Waals surface area contributed by atoms with E-state index in [9.17, 15) is 4.79 Å². The van der Waals surface area contributed by atoms with Crippen LogP contribution in [-0.4, -0.2) is 37.0 Å². The van der Waals surface area contributed by atoms with Gasteiger partial charge in [-0.05, 0) is 12.1 Å². The number of ether oxygens (including phenoxy) is 1. The molecular weight excluding hydrogens is 222 g/mol. The van der Waals surface area contributed by atoms with Crippen molar-refractivity contribution < 1.29 is 9.53 Å². The molecule has 1 heterocycles. The molecule has 1 unspecified atom stereocenters. The number of Topliss-reactive ketones (excluding diaryl/α,β-unsaturated/α-hetero) is 1. The van der Waals surface area contributed by atoms with Crippen LogP contribution in [0.25, 0.3) is 0 Å². The van der Waals surface area contributed by atoms with Gasteiger partial charge in [0.05, 0.1) is 18.7 Å². The van der Waals surface area contributed by atoms with Crippen LogP contribution in [0, 0.1) is 0 Å². The zero-order valence-electron chi connectivity index (χ0n) is 9.23. The van der Waals surface area contributed by atoms with E-state index in [2.05, 4.69) is 5.32 Å². The van der Waals surface area contributed by atoms with Gasteiger partial charge in [0.25, 0.3) is 0 Å². The van der Waals surface area contributed by atoms with E-state index in [0.29, 0.717) is 11.3 Å². The highest BCUT2D eigenvalue weighted by Gasteiger charge is 2.24. The number of rotatable bonds is 3. The highest BCUT2D eigenvalue weighted by Crippen LogP contribution is 2.21. The first kappa shape index (κ1) is 11.5. The van der Waals surface area contributed by atoms with E-state index in [0.717, 1.165) is 18.1 Å². The molecule has 1 aromatic carbocycles. The van der Waals surface area contributed by atoms with Gasteiger partial charge in [0.15, 0.2) is 5.78 Å². The van der Waals surface area contributed by atoms with Crippen molar-refractivity contribution in [1.82, 2.24) is 5.32 Å². The molecule has 0 spiro atoms. The first-order valence-corrected chi connectivity index (χ1v) is 6.47. The summed E-state index contributed by atoms with van der Waals surface area (Å²) in [5.41, 5.74) is 0.671. The third kappa shape index (κ3) is 2.39. The standard InChI is InChI=1S/C12H15NO2S/c1-15-11-5-3-2-4-9(11)12(14)10-8-16-7-6-13-10/h2-5,10,13H,6-8H2,1H3. The highest BCUT2D eigenvalue weighted by molar-refractivity contribution is 7.99. The van der Waals surface area contributed by atoms with Gasteiger partial charge in [-0.25, -0.2) is 0 Å². The summed E-state index contributed by atoms with van der Waals surface area (Å²) in [5.74, 6) is 2.71. The normalized spacial score (nSPS) is 20.4. The molecule has 0 amide bonds. The molecule has 0 saturated carbocycles. The molecular formula is C12H15NO2S. The summed E-state index contributed by atoms with van der Waals surface area (Å²) in [5, 5.41) is 3.24. The summed E-state index contributed by atoms with van der Waals surface area (Å²) in [6.45, 7) is 0.899. The molecule has 1 aromatic rings. The SMILES string of the molecule is COc1ccccc1C(=O)C1CSCCN1. The Balaban J connectivity index is 2.19. The molecule has 1 N–H and O–H groups in total. The van der Waals surface area contributed by atoms with Crippen molar-refractivity contribution in [2.75, 3.05) is 25.2 Å². The van der Waals surface area contributed by atoms with Crippen LogP contribution in [0.2, 0.25) is 0 Å². The maximum absolute atomic E-state index is 12.2. The lowest BCUT2D eigenvalue weighted by atomic mass is 10.0. The monoisotopic (exact) mass is 237 g/mol. The molecule has 2 rings (SSSR count). The van der Waals surface area contributed by atoms with Gasteiger partial charge < -0.3 is 10.1 Å². The molecule has 0 bridgehead atoms. The summed E-state index contributed by atoms with van der Waals surface area (Å²) in [7, 11) is 1.59. The zero-order chi connectivity index (χ0) is 11.4. The second kappa shape index (κ2) is 5.37.